The molecule has 0 radical (unpaired) electrons. The molecule has 0 saturated heterocycles. The monoisotopic (exact) mass is 376 g/mol. The number of rotatable bonds is 8. The topological polar surface area (TPSA) is 65.0 Å². The largest absolute Gasteiger partial charge is 0.493 e. The number of aliphatic carboxylic acids is 1. The lowest BCUT2D eigenvalue weighted by atomic mass is 10.1. The van der Waals surface area contributed by atoms with E-state index in [1.54, 1.807) is 18.2 Å². The maximum Gasteiger partial charge on any atom is 0.328 e. The van der Waals surface area contributed by atoms with Gasteiger partial charge in [-0.15, -0.1) is 0 Å². The van der Waals surface area contributed by atoms with Gasteiger partial charge in [0.25, 0.3) is 0 Å². The number of methoxy groups -OCH3 is 1. The van der Waals surface area contributed by atoms with E-state index in [0.29, 0.717) is 23.7 Å². The summed E-state index contributed by atoms with van der Waals surface area (Å²) >= 11 is 6.15. The molecule has 0 aliphatic heterocycles. The van der Waals surface area contributed by atoms with E-state index in [-0.39, 0.29) is 6.61 Å². The minimum Gasteiger partial charge on any atom is -0.493 e. The van der Waals surface area contributed by atoms with Gasteiger partial charge in [0.1, 0.15) is 19.0 Å². The van der Waals surface area contributed by atoms with Gasteiger partial charge in [0.05, 0.1) is 7.11 Å². The first kappa shape index (κ1) is 19.7. The maximum atomic E-state index is 10.7. The highest BCUT2D eigenvalue weighted by atomic mass is 35.5. The van der Waals surface area contributed by atoms with Gasteiger partial charge in [-0.05, 0) is 49.2 Å². The molecule has 5 nitrogen and oxygen atoms in total. The Bertz CT molecular complexity index is 791. The number of hydrogen-bond donors (Lipinski definition) is 1. The van der Waals surface area contributed by atoms with Crippen LogP contribution in [-0.4, -0.2) is 31.4 Å². The summed E-state index contributed by atoms with van der Waals surface area (Å²) < 4.78 is 16.8. The first-order valence-corrected chi connectivity index (χ1v) is 8.40. The van der Waals surface area contributed by atoms with E-state index in [4.69, 9.17) is 30.9 Å². The van der Waals surface area contributed by atoms with E-state index in [1.165, 1.54) is 13.2 Å². The van der Waals surface area contributed by atoms with E-state index >= 15 is 0 Å². The van der Waals surface area contributed by atoms with Crippen LogP contribution < -0.4 is 14.2 Å². The molecule has 2 rings (SSSR count). The van der Waals surface area contributed by atoms with E-state index in [9.17, 15) is 4.79 Å². The highest BCUT2D eigenvalue weighted by Gasteiger charge is 2.09. The quantitative estimate of drug-likeness (QED) is 0.542. The van der Waals surface area contributed by atoms with Gasteiger partial charge in [0.2, 0.25) is 0 Å². The molecule has 0 spiro atoms. The molecule has 0 aromatic heterocycles. The summed E-state index contributed by atoms with van der Waals surface area (Å²) in [5.74, 6) is 0.685. The molecule has 0 aliphatic rings. The number of carboxylic acid groups (broad SMARTS) is 1. The molecule has 0 fully saturated rings. The smallest absolute Gasteiger partial charge is 0.328 e. The van der Waals surface area contributed by atoms with Gasteiger partial charge in [-0.2, -0.15) is 0 Å². The van der Waals surface area contributed by atoms with Crippen molar-refractivity contribution in [2.45, 2.75) is 13.8 Å². The average Bonchev–Trinajstić information content (AvgIpc) is 2.61. The second-order valence-electron chi connectivity index (χ2n) is 5.62. The lowest BCUT2D eigenvalue weighted by Gasteiger charge is -2.14. The van der Waals surface area contributed by atoms with E-state index in [1.807, 2.05) is 26.0 Å². The maximum absolute atomic E-state index is 10.7. The van der Waals surface area contributed by atoms with Gasteiger partial charge in [0, 0.05) is 16.7 Å². The number of aryl methyl sites for hydroxylation is 2. The predicted octanol–water partition coefficient (Wildman–Crippen LogP) is 4.52. The van der Waals surface area contributed by atoms with Crippen molar-refractivity contribution in [1.82, 2.24) is 0 Å². The van der Waals surface area contributed by atoms with Gasteiger partial charge < -0.3 is 19.3 Å². The average molecular weight is 377 g/mol. The third kappa shape index (κ3) is 5.17. The van der Waals surface area contributed by atoms with Crippen molar-refractivity contribution in [3.8, 4) is 17.2 Å². The van der Waals surface area contributed by atoms with Crippen LogP contribution in [0.4, 0.5) is 0 Å². The number of hydrogen-bond acceptors (Lipinski definition) is 4. The van der Waals surface area contributed by atoms with Crippen molar-refractivity contribution < 1.29 is 24.1 Å². The molecular formula is C20H21ClO5. The standard InChI is InChI=1S/C20H21ClO5/c1-13-11-16(12-14(2)19(13)21)25-9-10-26-20-15(7-8-18(22)23)5-4-6-17(20)24-3/h4-8,11-12H,9-10H2,1-3H3,(H,22,23). The van der Waals surface area contributed by atoms with Gasteiger partial charge in [-0.1, -0.05) is 23.7 Å². The Morgan fingerprint density at radius 2 is 1.81 bits per heavy atom. The molecular weight excluding hydrogens is 356 g/mol. The fourth-order valence-corrected chi connectivity index (χ4v) is 2.54. The van der Waals surface area contributed by atoms with Crippen LogP contribution in [0.2, 0.25) is 5.02 Å². The number of carbonyl (C=O) groups is 1. The number of halogens is 1. The van der Waals surface area contributed by atoms with E-state index in [0.717, 1.165) is 28.0 Å². The molecule has 0 aliphatic carbocycles. The van der Waals surface area contributed by atoms with Gasteiger partial charge in [-0.25, -0.2) is 4.79 Å². The van der Waals surface area contributed by atoms with E-state index < -0.39 is 5.97 Å². The van der Waals surface area contributed by atoms with Crippen LogP contribution in [0.5, 0.6) is 17.2 Å². The zero-order chi connectivity index (χ0) is 19.1. The normalized spacial score (nSPS) is 10.8. The van der Waals surface area contributed by atoms with Crippen LogP contribution in [0.1, 0.15) is 16.7 Å². The zero-order valence-electron chi connectivity index (χ0n) is 14.9. The summed E-state index contributed by atoms with van der Waals surface area (Å²) in [5.41, 5.74) is 2.52. The molecule has 6 heteroatoms. The Kier molecular flexibility index (Phi) is 6.92. The van der Waals surface area contributed by atoms with Crippen molar-refractivity contribution in [3.63, 3.8) is 0 Å². The van der Waals surface area contributed by atoms with Crippen molar-refractivity contribution in [3.05, 3.63) is 58.1 Å². The highest BCUT2D eigenvalue weighted by Crippen LogP contribution is 2.32. The molecule has 0 saturated carbocycles. The SMILES string of the molecule is COc1cccc(C=CC(=O)O)c1OCCOc1cc(C)c(Cl)c(C)c1. The molecule has 2 aromatic rings. The molecule has 0 unspecified atom stereocenters. The first-order valence-electron chi connectivity index (χ1n) is 8.02. The molecule has 0 heterocycles. The number of carboxylic acids is 1. The van der Waals surface area contributed by atoms with Gasteiger partial charge >= 0.3 is 5.97 Å². The van der Waals surface area contributed by atoms with Crippen molar-refractivity contribution in [2.24, 2.45) is 0 Å². The summed E-state index contributed by atoms with van der Waals surface area (Å²) in [7, 11) is 1.53. The Hall–Kier alpha value is -2.66. The van der Waals surface area contributed by atoms with E-state index in [2.05, 4.69) is 0 Å². The lowest BCUT2D eigenvalue weighted by molar-refractivity contribution is -0.131. The molecule has 0 amide bonds. The fraction of sp³-hybridized carbons (Fsp3) is 0.250. The third-order valence-electron chi connectivity index (χ3n) is 3.64. The minimum absolute atomic E-state index is 0.273. The second kappa shape index (κ2) is 9.15. The van der Waals surface area contributed by atoms with Crippen LogP contribution in [0, 0.1) is 13.8 Å². The lowest BCUT2D eigenvalue weighted by Crippen LogP contribution is -2.10. The minimum atomic E-state index is -1.03. The number of ether oxygens (including phenoxy) is 3. The number of para-hydroxylation sites is 1. The van der Waals surface area contributed by atoms with Crippen LogP contribution in [0.15, 0.2) is 36.4 Å². The summed E-state index contributed by atoms with van der Waals surface area (Å²) in [5, 5.41) is 9.54. The molecule has 1 N–H and O–H groups in total. The van der Waals surface area contributed by atoms with Crippen LogP contribution in [0.25, 0.3) is 6.08 Å². The van der Waals surface area contributed by atoms with Crippen molar-refractivity contribution >= 4 is 23.6 Å². The van der Waals surface area contributed by atoms with Crippen LogP contribution in [0.3, 0.4) is 0 Å². The predicted molar refractivity (Wildman–Crippen MR) is 102 cm³/mol. The summed E-state index contributed by atoms with van der Waals surface area (Å²) in [6.45, 7) is 4.44. The second-order valence-corrected chi connectivity index (χ2v) is 6.00. The Labute approximate surface area is 157 Å². The first-order chi connectivity index (χ1) is 12.4. The van der Waals surface area contributed by atoms with Gasteiger partial charge in [0.15, 0.2) is 11.5 Å². The number of benzene rings is 2. The summed E-state index contributed by atoms with van der Waals surface area (Å²) in [6.07, 6.45) is 2.52. The molecule has 0 bridgehead atoms. The molecule has 138 valence electrons. The summed E-state index contributed by atoms with van der Waals surface area (Å²) in [6, 6.07) is 9.02. The summed E-state index contributed by atoms with van der Waals surface area (Å²) in [4.78, 5) is 10.7. The van der Waals surface area contributed by atoms with Crippen LogP contribution >= 0.6 is 11.6 Å². The van der Waals surface area contributed by atoms with Crippen LogP contribution in [-0.2, 0) is 4.79 Å². The molecule has 2 aromatic carbocycles. The zero-order valence-corrected chi connectivity index (χ0v) is 15.7. The van der Waals surface area contributed by atoms with Crippen molar-refractivity contribution in [1.29, 1.82) is 0 Å². The third-order valence-corrected chi connectivity index (χ3v) is 4.24. The Morgan fingerprint density at radius 1 is 1.15 bits per heavy atom. The highest BCUT2D eigenvalue weighted by molar-refractivity contribution is 6.32. The molecule has 26 heavy (non-hydrogen) atoms. The Balaban J connectivity index is 2.04. The Morgan fingerprint density at radius 3 is 2.42 bits per heavy atom. The van der Waals surface area contributed by atoms with Crippen molar-refractivity contribution in [2.75, 3.05) is 20.3 Å². The van der Waals surface area contributed by atoms with Gasteiger partial charge in [-0.3, -0.25) is 0 Å². The molecule has 0 atom stereocenters. The fourth-order valence-electron chi connectivity index (χ4n) is 2.43.